The first-order chi connectivity index (χ1) is 8.22. The number of hydrogen-bond donors (Lipinski definition) is 1. The molecule has 1 fully saturated rings. The summed E-state index contributed by atoms with van der Waals surface area (Å²) in [6, 6.07) is 2.86. The van der Waals surface area contributed by atoms with E-state index in [1.54, 1.807) is 0 Å². The molecule has 3 heteroatoms. The molecule has 0 unspecified atom stereocenters. The molecule has 2 rings (SSSR count). The van der Waals surface area contributed by atoms with Gasteiger partial charge in [-0.1, -0.05) is 31.6 Å². The Labute approximate surface area is 109 Å². The van der Waals surface area contributed by atoms with Gasteiger partial charge in [0.25, 0.3) is 0 Å². The maximum Gasteiger partial charge on any atom is 0.106 e. The van der Waals surface area contributed by atoms with Gasteiger partial charge in [-0.15, -0.1) is 0 Å². The lowest BCUT2D eigenvalue weighted by Gasteiger charge is -2.24. The molecule has 0 bridgehead atoms. The number of aryl methyl sites for hydroxylation is 1. The van der Waals surface area contributed by atoms with Gasteiger partial charge in [0.1, 0.15) is 4.64 Å². The maximum absolute atomic E-state index is 5.22. The first kappa shape index (κ1) is 12.8. The van der Waals surface area contributed by atoms with Crippen molar-refractivity contribution in [3.05, 3.63) is 28.0 Å². The summed E-state index contributed by atoms with van der Waals surface area (Å²) >= 11 is 5.22. The summed E-state index contributed by atoms with van der Waals surface area (Å²) in [4.78, 5) is 5.83. The molecule has 1 aromatic heterocycles. The van der Waals surface area contributed by atoms with Gasteiger partial charge in [0, 0.05) is 12.2 Å². The number of rotatable bonds is 4. The number of nitrogens with zero attached hydrogens (tertiary/aromatic N) is 1. The maximum atomic E-state index is 5.22. The molecule has 0 radical (unpaired) electrons. The average Bonchev–Trinajstić information content (AvgIpc) is 2.78. The number of aromatic amines is 1. The molecule has 1 saturated heterocycles. The summed E-state index contributed by atoms with van der Waals surface area (Å²) < 4.78 is 0.867. The van der Waals surface area contributed by atoms with Gasteiger partial charge in [-0.05, 0) is 50.4 Å². The Hall–Kier alpha value is -0.670. The molecule has 0 amide bonds. The van der Waals surface area contributed by atoms with Gasteiger partial charge >= 0.3 is 0 Å². The van der Waals surface area contributed by atoms with E-state index in [0.29, 0.717) is 6.04 Å². The van der Waals surface area contributed by atoms with E-state index >= 15 is 0 Å². The van der Waals surface area contributed by atoms with Crippen LogP contribution in [0.4, 0.5) is 0 Å². The highest BCUT2D eigenvalue weighted by molar-refractivity contribution is 7.71. The van der Waals surface area contributed by atoms with Crippen molar-refractivity contribution < 1.29 is 0 Å². The minimum Gasteiger partial charge on any atom is -0.352 e. The summed E-state index contributed by atoms with van der Waals surface area (Å²) in [7, 11) is 0. The fourth-order valence-electron chi connectivity index (χ4n) is 2.64. The van der Waals surface area contributed by atoms with Crippen molar-refractivity contribution in [2.24, 2.45) is 0 Å². The van der Waals surface area contributed by atoms with E-state index in [1.807, 2.05) is 0 Å². The van der Waals surface area contributed by atoms with Crippen LogP contribution < -0.4 is 0 Å². The van der Waals surface area contributed by atoms with Gasteiger partial charge in [0.15, 0.2) is 0 Å². The molecule has 1 N–H and O–H groups in total. The number of nitrogens with one attached hydrogen (secondary N) is 1. The molecule has 0 spiro atoms. The minimum atomic E-state index is 0.604. The highest BCUT2D eigenvalue weighted by Gasteiger charge is 2.25. The van der Waals surface area contributed by atoms with Crippen LogP contribution in [0.25, 0.3) is 0 Å². The van der Waals surface area contributed by atoms with Crippen LogP contribution in [-0.4, -0.2) is 23.0 Å². The van der Waals surface area contributed by atoms with Gasteiger partial charge in [-0.2, -0.15) is 0 Å². The smallest absolute Gasteiger partial charge is 0.106 e. The van der Waals surface area contributed by atoms with Crippen molar-refractivity contribution in [3.8, 4) is 0 Å². The molecule has 0 aliphatic carbocycles. The van der Waals surface area contributed by atoms with Crippen LogP contribution in [-0.2, 0) is 0 Å². The van der Waals surface area contributed by atoms with Crippen molar-refractivity contribution >= 4 is 12.2 Å². The Morgan fingerprint density at radius 3 is 3.06 bits per heavy atom. The standard InChI is InChI=1S/C14H22N2S/c1-3-4-7-16-8-5-6-13(16)12-9-11(2)14(17)15-10-12/h9-10,13H,3-8H2,1-2H3,(H,15,17)/t13-/m0/s1. The largest absolute Gasteiger partial charge is 0.352 e. The van der Waals surface area contributed by atoms with Gasteiger partial charge in [0.2, 0.25) is 0 Å². The molecule has 2 nitrogen and oxygen atoms in total. The van der Waals surface area contributed by atoms with E-state index in [-0.39, 0.29) is 0 Å². The first-order valence-electron chi connectivity index (χ1n) is 6.65. The third-order valence-electron chi connectivity index (χ3n) is 3.66. The Bertz CT molecular complexity index is 424. The Morgan fingerprint density at radius 1 is 1.53 bits per heavy atom. The predicted octanol–water partition coefficient (Wildman–Crippen LogP) is 3.99. The van der Waals surface area contributed by atoms with Crippen molar-refractivity contribution in [2.75, 3.05) is 13.1 Å². The van der Waals surface area contributed by atoms with Crippen molar-refractivity contribution in [1.29, 1.82) is 0 Å². The Balaban J connectivity index is 2.14. The highest BCUT2D eigenvalue weighted by Crippen LogP contribution is 2.31. The van der Waals surface area contributed by atoms with Crippen LogP contribution in [0.1, 0.15) is 49.8 Å². The van der Waals surface area contributed by atoms with E-state index in [2.05, 4.69) is 36.0 Å². The van der Waals surface area contributed by atoms with E-state index in [9.17, 15) is 0 Å². The van der Waals surface area contributed by atoms with Crippen molar-refractivity contribution in [3.63, 3.8) is 0 Å². The second-order valence-electron chi connectivity index (χ2n) is 4.99. The molecule has 1 aliphatic rings. The quantitative estimate of drug-likeness (QED) is 0.815. The second kappa shape index (κ2) is 5.78. The Morgan fingerprint density at radius 2 is 2.35 bits per heavy atom. The summed E-state index contributed by atoms with van der Waals surface area (Å²) in [5.74, 6) is 0. The lowest BCUT2D eigenvalue weighted by atomic mass is 10.1. The molecule has 17 heavy (non-hydrogen) atoms. The normalized spacial score (nSPS) is 20.9. The van der Waals surface area contributed by atoms with Crippen LogP contribution in [0.15, 0.2) is 12.3 Å². The number of likely N-dealkylation sites (tertiary alicyclic amines) is 1. The third-order valence-corrected chi connectivity index (χ3v) is 4.10. The van der Waals surface area contributed by atoms with Crippen molar-refractivity contribution in [1.82, 2.24) is 9.88 Å². The van der Waals surface area contributed by atoms with Crippen LogP contribution in [0, 0.1) is 11.6 Å². The summed E-state index contributed by atoms with van der Waals surface area (Å²) in [5, 5.41) is 0. The molecule has 1 aromatic rings. The molecule has 0 saturated carbocycles. The molecule has 1 aliphatic heterocycles. The van der Waals surface area contributed by atoms with E-state index in [4.69, 9.17) is 12.2 Å². The fourth-order valence-corrected chi connectivity index (χ4v) is 2.76. The molecule has 0 aromatic carbocycles. The number of aromatic nitrogens is 1. The zero-order valence-corrected chi connectivity index (χ0v) is 11.6. The van der Waals surface area contributed by atoms with Crippen LogP contribution >= 0.6 is 12.2 Å². The van der Waals surface area contributed by atoms with Crippen molar-refractivity contribution in [2.45, 2.75) is 45.6 Å². The molecular formula is C14H22N2S. The van der Waals surface area contributed by atoms with Gasteiger partial charge in [-0.3, -0.25) is 4.90 Å². The first-order valence-corrected chi connectivity index (χ1v) is 7.06. The van der Waals surface area contributed by atoms with E-state index in [0.717, 1.165) is 4.64 Å². The number of unbranched alkanes of at least 4 members (excludes halogenated alkanes) is 1. The SMILES string of the molecule is CCCCN1CCC[C@H]1c1c[nH]c(=S)c(C)c1. The van der Waals surface area contributed by atoms with Gasteiger partial charge in [0.05, 0.1) is 0 Å². The van der Waals surface area contributed by atoms with Crippen LogP contribution in [0.3, 0.4) is 0 Å². The summed E-state index contributed by atoms with van der Waals surface area (Å²) in [6.45, 7) is 6.83. The number of hydrogen-bond acceptors (Lipinski definition) is 2. The minimum absolute atomic E-state index is 0.604. The lowest BCUT2D eigenvalue weighted by Crippen LogP contribution is -2.24. The second-order valence-corrected chi connectivity index (χ2v) is 5.40. The lowest BCUT2D eigenvalue weighted by molar-refractivity contribution is 0.253. The molecule has 1 atom stereocenters. The van der Waals surface area contributed by atoms with E-state index in [1.165, 1.54) is 49.9 Å². The zero-order valence-electron chi connectivity index (χ0n) is 10.8. The molecular weight excluding hydrogens is 228 g/mol. The molecule has 2 heterocycles. The average molecular weight is 250 g/mol. The predicted molar refractivity (Wildman–Crippen MR) is 74.8 cm³/mol. The van der Waals surface area contributed by atoms with Gasteiger partial charge < -0.3 is 4.98 Å². The summed E-state index contributed by atoms with van der Waals surface area (Å²) in [6.07, 6.45) is 7.29. The zero-order chi connectivity index (χ0) is 12.3. The van der Waals surface area contributed by atoms with Gasteiger partial charge in [-0.25, -0.2) is 0 Å². The third kappa shape index (κ3) is 2.96. The number of H-pyrrole nitrogens is 1. The Kier molecular flexibility index (Phi) is 4.35. The fraction of sp³-hybridized carbons (Fsp3) is 0.643. The molecule has 94 valence electrons. The van der Waals surface area contributed by atoms with Crippen LogP contribution in [0.5, 0.6) is 0 Å². The monoisotopic (exact) mass is 250 g/mol. The van der Waals surface area contributed by atoms with E-state index < -0.39 is 0 Å². The summed E-state index contributed by atoms with van der Waals surface area (Å²) in [5.41, 5.74) is 2.60. The number of pyridine rings is 1. The highest BCUT2D eigenvalue weighted by atomic mass is 32.1. The topological polar surface area (TPSA) is 19.0 Å². The van der Waals surface area contributed by atoms with Crippen LogP contribution in [0.2, 0.25) is 0 Å².